The van der Waals surface area contributed by atoms with Crippen LogP contribution in [0, 0.1) is 18.6 Å². The van der Waals surface area contributed by atoms with E-state index >= 15 is 0 Å². The lowest BCUT2D eigenvalue weighted by Gasteiger charge is -2.18. The van der Waals surface area contributed by atoms with E-state index in [0.29, 0.717) is 5.69 Å². The molecule has 0 bridgehead atoms. The molecule has 0 aliphatic carbocycles. The first-order chi connectivity index (χ1) is 12.5. The standard InChI is InChI=1S/C20H16N2O3S/c1-12-7-3-5-9-14(12)21-18(24)17-16(23)11-25-19(17)22(20(21)26)15-10-6-4-8-13(15)2/h3-10H,11H2,1-2H3. The fourth-order valence-corrected chi connectivity index (χ4v) is 3.59. The summed E-state index contributed by atoms with van der Waals surface area (Å²) in [5, 5.41) is 0. The van der Waals surface area contributed by atoms with Gasteiger partial charge >= 0.3 is 0 Å². The molecule has 3 aromatic rings. The average molecular weight is 364 g/mol. The SMILES string of the molecule is Cc1ccccc1-n1c2c(c(=O)n(-c3ccccc3C)c1=S)C(=O)CO2. The maximum Gasteiger partial charge on any atom is 0.273 e. The van der Waals surface area contributed by atoms with Crippen LogP contribution in [0.3, 0.4) is 0 Å². The molecule has 4 rings (SSSR count). The number of fused-ring (bicyclic) bond motifs is 1. The Morgan fingerprint density at radius 3 is 2.00 bits per heavy atom. The van der Waals surface area contributed by atoms with Gasteiger partial charge < -0.3 is 4.74 Å². The fraction of sp³-hybridized carbons (Fsp3) is 0.150. The van der Waals surface area contributed by atoms with Crippen molar-refractivity contribution < 1.29 is 9.53 Å². The monoisotopic (exact) mass is 364 g/mol. The Morgan fingerprint density at radius 2 is 1.42 bits per heavy atom. The number of ether oxygens (including phenoxy) is 1. The summed E-state index contributed by atoms with van der Waals surface area (Å²) in [5.74, 6) is -0.103. The summed E-state index contributed by atoms with van der Waals surface area (Å²) in [7, 11) is 0. The fourth-order valence-electron chi connectivity index (χ4n) is 3.22. The molecule has 1 aliphatic rings. The van der Waals surface area contributed by atoms with E-state index in [9.17, 15) is 9.59 Å². The predicted molar refractivity (Wildman–Crippen MR) is 101 cm³/mol. The van der Waals surface area contributed by atoms with Gasteiger partial charge in [0.15, 0.2) is 11.4 Å². The molecule has 0 spiro atoms. The van der Waals surface area contributed by atoms with Gasteiger partial charge in [0, 0.05) is 0 Å². The Morgan fingerprint density at radius 1 is 0.885 bits per heavy atom. The highest BCUT2D eigenvalue weighted by atomic mass is 32.1. The van der Waals surface area contributed by atoms with Crippen molar-refractivity contribution in [1.82, 2.24) is 9.13 Å². The van der Waals surface area contributed by atoms with Crippen molar-refractivity contribution in [3.05, 3.63) is 80.3 Å². The van der Waals surface area contributed by atoms with E-state index in [0.717, 1.165) is 16.8 Å². The number of para-hydroxylation sites is 2. The normalized spacial score (nSPS) is 12.8. The maximum atomic E-state index is 13.1. The number of rotatable bonds is 2. The number of aromatic nitrogens is 2. The number of hydrogen-bond acceptors (Lipinski definition) is 4. The minimum atomic E-state index is -0.438. The Bertz CT molecular complexity index is 1170. The summed E-state index contributed by atoms with van der Waals surface area (Å²) >= 11 is 5.68. The second kappa shape index (κ2) is 6.07. The van der Waals surface area contributed by atoms with Gasteiger partial charge in [-0.2, -0.15) is 0 Å². The zero-order chi connectivity index (χ0) is 18.4. The van der Waals surface area contributed by atoms with Gasteiger partial charge in [-0.25, -0.2) is 0 Å². The largest absolute Gasteiger partial charge is 0.469 e. The van der Waals surface area contributed by atoms with Crippen LogP contribution in [0.4, 0.5) is 0 Å². The average Bonchev–Trinajstić information content (AvgIpc) is 3.00. The second-order valence-corrected chi connectivity index (χ2v) is 6.59. The zero-order valence-corrected chi connectivity index (χ0v) is 15.2. The minimum absolute atomic E-state index is 0.0464. The van der Waals surface area contributed by atoms with E-state index in [1.807, 2.05) is 62.4 Å². The summed E-state index contributed by atoms with van der Waals surface area (Å²) < 4.78 is 8.94. The number of carbonyl (C=O) groups is 1. The summed E-state index contributed by atoms with van der Waals surface area (Å²) in [6, 6.07) is 15.1. The molecule has 0 amide bonds. The van der Waals surface area contributed by atoms with Crippen LogP contribution < -0.4 is 10.3 Å². The van der Waals surface area contributed by atoms with Crippen molar-refractivity contribution in [3.63, 3.8) is 0 Å². The van der Waals surface area contributed by atoms with Crippen molar-refractivity contribution in [3.8, 4) is 17.3 Å². The molecule has 0 saturated carbocycles. The van der Waals surface area contributed by atoms with Gasteiger partial charge in [-0.3, -0.25) is 18.7 Å². The third-order valence-electron chi connectivity index (χ3n) is 4.55. The van der Waals surface area contributed by atoms with Gasteiger partial charge in [0.05, 0.1) is 11.4 Å². The van der Waals surface area contributed by atoms with Crippen LogP contribution in [0.5, 0.6) is 5.88 Å². The third kappa shape index (κ3) is 2.34. The topological polar surface area (TPSA) is 53.2 Å². The summed E-state index contributed by atoms with van der Waals surface area (Å²) in [5.41, 5.74) is 2.90. The molecule has 0 fully saturated rings. The van der Waals surface area contributed by atoms with Crippen molar-refractivity contribution >= 4 is 18.0 Å². The van der Waals surface area contributed by atoms with E-state index in [1.54, 1.807) is 4.57 Å². The molecule has 1 aliphatic heterocycles. The summed E-state index contributed by atoms with van der Waals surface area (Å²) in [6.07, 6.45) is 0. The molecule has 0 N–H and O–H groups in total. The lowest BCUT2D eigenvalue weighted by Crippen LogP contribution is -2.28. The third-order valence-corrected chi connectivity index (χ3v) is 4.91. The maximum absolute atomic E-state index is 13.1. The van der Waals surface area contributed by atoms with Crippen LogP contribution in [0.15, 0.2) is 53.3 Å². The van der Waals surface area contributed by atoms with Gasteiger partial charge in [0.25, 0.3) is 5.56 Å². The molecule has 0 atom stereocenters. The van der Waals surface area contributed by atoms with Crippen LogP contribution in [0.1, 0.15) is 21.5 Å². The van der Waals surface area contributed by atoms with E-state index in [1.165, 1.54) is 4.57 Å². The van der Waals surface area contributed by atoms with Crippen LogP contribution in [-0.2, 0) is 0 Å². The van der Waals surface area contributed by atoms with Crippen molar-refractivity contribution in [1.29, 1.82) is 0 Å². The number of benzene rings is 2. The van der Waals surface area contributed by atoms with E-state index < -0.39 is 5.56 Å². The van der Waals surface area contributed by atoms with Crippen molar-refractivity contribution in [2.45, 2.75) is 13.8 Å². The van der Waals surface area contributed by atoms with Crippen LogP contribution >= 0.6 is 12.2 Å². The van der Waals surface area contributed by atoms with Crippen molar-refractivity contribution in [2.75, 3.05) is 6.61 Å². The van der Waals surface area contributed by atoms with Gasteiger partial charge in [-0.05, 0) is 49.3 Å². The first kappa shape index (κ1) is 16.5. The van der Waals surface area contributed by atoms with E-state index in [2.05, 4.69) is 0 Å². The van der Waals surface area contributed by atoms with Crippen LogP contribution in [0.2, 0.25) is 0 Å². The summed E-state index contributed by atoms with van der Waals surface area (Å²) in [4.78, 5) is 25.4. The number of ketones is 1. The molecular formula is C20H16N2O3S. The predicted octanol–water partition coefficient (Wildman–Crippen LogP) is 3.55. The first-order valence-corrected chi connectivity index (χ1v) is 8.61. The molecule has 0 radical (unpaired) electrons. The molecule has 2 aromatic carbocycles. The van der Waals surface area contributed by atoms with Gasteiger partial charge in [0.1, 0.15) is 5.56 Å². The van der Waals surface area contributed by atoms with Gasteiger partial charge in [0.2, 0.25) is 11.7 Å². The number of nitrogens with zero attached hydrogens (tertiary/aromatic N) is 2. The molecule has 6 heteroatoms. The van der Waals surface area contributed by atoms with E-state index in [4.69, 9.17) is 17.0 Å². The quantitative estimate of drug-likeness (QED) is 0.653. The number of Topliss-reactive ketones (excluding diaryl/α,β-unsaturated/α-hetero) is 1. The smallest absolute Gasteiger partial charge is 0.273 e. The highest BCUT2D eigenvalue weighted by Gasteiger charge is 2.31. The number of aryl methyl sites for hydroxylation is 2. The Labute approximate surface area is 155 Å². The Hall–Kier alpha value is -2.99. The molecule has 2 heterocycles. The summed E-state index contributed by atoms with van der Waals surface area (Å²) in [6.45, 7) is 3.70. The number of carbonyl (C=O) groups excluding carboxylic acids is 1. The second-order valence-electron chi connectivity index (χ2n) is 6.22. The molecule has 130 valence electrons. The van der Waals surface area contributed by atoms with Gasteiger partial charge in [-0.15, -0.1) is 0 Å². The molecule has 0 unspecified atom stereocenters. The lowest BCUT2D eigenvalue weighted by atomic mass is 10.1. The Balaban J connectivity index is 2.19. The molecule has 26 heavy (non-hydrogen) atoms. The molecule has 1 aromatic heterocycles. The van der Waals surface area contributed by atoms with Crippen molar-refractivity contribution in [2.24, 2.45) is 0 Å². The van der Waals surface area contributed by atoms with Crippen LogP contribution in [-0.4, -0.2) is 21.5 Å². The first-order valence-electron chi connectivity index (χ1n) is 8.21. The highest BCUT2D eigenvalue weighted by Crippen LogP contribution is 2.29. The minimum Gasteiger partial charge on any atom is -0.469 e. The van der Waals surface area contributed by atoms with Crippen LogP contribution in [0.25, 0.3) is 11.4 Å². The molecule has 0 saturated heterocycles. The molecular weight excluding hydrogens is 348 g/mol. The van der Waals surface area contributed by atoms with E-state index in [-0.39, 0.29) is 28.6 Å². The number of hydrogen-bond donors (Lipinski definition) is 0. The Kier molecular flexibility index (Phi) is 3.85. The highest BCUT2D eigenvalue weighted by molar-refractivity contribution is 7.71. The zero-order valence-electron chi connectivity index (χ0n) is 14.4. The lowest BCUT2D eigenvalue weighted by molar-refractivity contribution is 0.0959. The van der Waals surface area contributed by atoms with Gasteiger partial charge in [-0.1, -0.05) is 36.4 Å². The molecule has 5 nitrogen and oxygen atoms in total.